The Balaban J connectivity index is 1.53. The van der Waals surface area contributed by atoms with Gasteiger partial charge in [0.15, 0.2) is 11.5 Å². The van der Waals surface area contributed by atoms with Crippen LogP contribution in [0.5, 0.6) is 11.5 Å². The van der Waals surface area contributed by atoms with Gasteiger partial charge in [-0.15, -0.1) is 0 Å². The second kappa shape index (κ2) is 10.1. The second-order valence-electron chi connectivity index (χ2n) is 8.90. The number of carbonyl (C=O) groups excluding carboxylic acids is 2. The Morgan fingerprint density at radius 3 is 2.37 bits per heavy atom. The summed E-state index contributed by atoms with van der Waals surface area (Å²) in [6.45, 7) is 6.84. The molecule has 8 nitrogen and oxygen atoms in total. The van der Waals surface area contributed by atoms with E-state index in [9.17, 15) is 14.7 Å². The molecule has 2 aromatic carbocycles. The first-order valence-electron chi connectivity index (χ1n) is 12.1. The van der Waals surface area contributed by atoms with Crippen molar-refractivity contribution in [1.82, 2.24) is 9.80 Å². The number of rotatable bonds is 6. The van der Waals surface area contributed by atoms with E-state index >= 15 is 0 Å². The number of fused-ring (bicyclic) bond motifs is 1. The summed E-state index contributed by atoms with van der Waals surface area (Å²) >= 11 is 0. The van der Waals surface area contributed by atoms with E-state index in [-0.39, 0.29) is 11.3 Å². The van der Waals surface area contributed by atoms with Crippen molar-refractivity contribution in [3.8, 4) is 11.5 Å². The maximum Gasteiger partial charge on any atom is 0.295 e. The van der Waals surface area contributed by atoms with E-state index in [1.54, 1.807) is 23.1 Å². The molecule has 2 saturated heterocycles. The molecule has 5 rings (SSSR count). The van der Waals surface area contributed by atoms with Crippen LogP contribution in [0.4, 0.5) is 0 Å². The van der Waals surface area contributed by atoms with Crippen molar-refractivity contribution in [1.29, 1.82) is 0 Å². The van der Waals surface area contributed by atoms with Gasteiger partial charge in [0.1, 0.15) is 19.0 Å². The Bertz CT molecular complexity index is 1140. The number of morpholine rings is 1. The monoisotopic (exact) mass is 478 g/mol. The highest BCUT2D eigenvalue weighted by Crippen LogP contribution is 2.41. The molecule has 0 aromatic heterocycles. The number of aryl methyl sites for hydroxylation is 1. The van der Waals surface area contributed by atoms with Crippen molar-refractivity contribution in [3.05, 3.63) is 64.7 Å². The highest BCUT2D eigenvalue weighted by atomic mass is 16.6. The molecule has 3 aliphatic heterocycles. The van der Waals surface area contributed by atoms with E-state index in [1.807, 2.05) is 24.3 Å². The summed E-state index contributed by atoms with van der Waals surface area (Å²) in [5.74, 6) is -0.388. The molecule has 8 heteroatoms. The lowest BCUT2D eigenvalue weighted by atomic mass is 9.94. The number of likely N-dealkylation sites (tertiary alicyclic amines) is 1. The number of ketones is 1. The Morgan fingerprint density at radius 2 is 1.66 bits per heavy atom. The highest BCUT2D eigenvalue weighted by Gasteiger charge is 2.46. The first-order valence-corrected chi connectivity index (χ1v) is 12.1. The van der Waals surface area contributed by atoms with E-state index in [0.29, 0.717) is 56.6 Å². The van der Waals surface area contributed by atoms with Gasteiger partial charge < -0.3 is 24.2 Å². The Morgan fingerprint density at radius 1 is 0.943 bits per heavy atom. The largest absolute Gasteiger partial charge is 0.507 e. The number of hydrogen-bond acceptors (Lipinski definition) is 7. The minimum atomic E-state index is -0.677. The second-order valence-corrected chi connectivity index (χ2v) is 8.90. The maximum absolute atomic E-state index is 13.3. The van der Waals surface area contributed by atoms with Gasteiger partial charge in [-0.2, -0.15) is 0 Å². The fourth-order valence-corrected chi connectivity index (χ4v) is 4.81. The van der Waals surface area contributed by atoms with Crippen molar-refractivity contribution in [3.63, 3.8) is 0 Å². The molecule has 0 bridgehead atoms. The van der Waals surface area contributed by atoms with E-state index in [2.05, 4.69) is 11.8 Å². The summed E-state index contributed by atoms with van der Waals surface area (Å²) in [6, 6.07) is 12.3. The summed E-state index contributed by atoms with van der Waals surface area (Å²) in [4.78, 5) is 30.3. The molecule has 35 heavy (non-hydrogen) atoms. The lowest BCUT2D eigenvalue weighted by Crippen LogP contribution is -2.42. The molecule has 0 saturated carbocycles. The zero-order valence-corrected chi connectivity index (χ0v) is 19.9. The third kappa shape index (κ3) is 4.63. The molecule has 184 valence electrons. The molecule has 0 radical (unpaired) electrons. The van der Waals surface area contributed by atoms with Crippen LogP contribution in [-0.4, -0.2) is 79.2 Å². The molecule has 1 amide bonds. The summed E-state index contributed by atoms with van der Waals surface area (Å²) < 4.78 is 16.7. The molecular weight excluding hydrogens is 448 g/mol. The van der Waals surface area contributed by atoms with Crippen molar-refractivity contribution in [2.75, 3.05) is 52.6 Å². The zero-order chi connectivity index (χ0) is 24.4. The van der Waals surface area contributed by atoms with Crippen LogP contribution in [0.15, 0.2) is 48.0 Å². The van der Waals surface area contributed by atoms with E-state index in [0.717, 1.165) is 30.6 Å². The number of aliphatic hydroxyl groups is 1. The first-order chi connectivity index (χ1) is 17.1. The molecule has 1 atom stereocenters. The lowest BCUT2D eigenvalue weighted by Gasteiger charge is -2.31. The molecule has 1 N–H and O–H groups in total. The van der Waals surface area contributed by atoms with Crippen LogP contribution in [-0.2, 0) is 20.7 Å². The zero-order valence-electron chi connectivity index (χ0n) is 19.9. The smallest absolute Gasteiger partial charge is 0.295 e. The molecular formula is C27H30N2O6. The summed E-state index contributed by atoms with van der Waals surface area (Å²) in [5, 5.41) is 11.3. The first kappa shape index (κ1) is 23.4. The van der Waals surface area contributed by atoms with Crippen LogP contribution in [0.3, 0.4) is 0 Å². The number of carbonyl (C=O) groups is 2. The van der Waals surface area contributed by atoms with Crippen LogP contribution in [0.1, 0.15) is 29.7 Å². The van der Waals surface area contributed by atoms with Crippen LogP contribution >= 0.6 is 0 Å². The van der Waals surface area contributed by atoms with Gasteiger partial charge in [0.2, 0.25) is 0 Å². The average Bonchev–Trinajstić information content (AvgIpc) is 3.16. The SMILES string of the molecule is CCc1ccc(C2C(=C(O)c3ccc4c(c3)OCCO4)C(=O)C(=O)N2CCN2CCOCC2)cc1. The number of amides is 1. The van der Waals surface area contributed by atoms with Crippen molar-refractivity contribution >= 4 is 17.4 Å². The molecule has 2 aromatic rings. The van der Waals surface area contributed by atoms with Gasteiger partial charge in [0.05, 0.1) is 24.8 Å². The number of benzene rings is 2. The van der Waals surface area contributed by atoms with E-state index in [4.69, 9.17) is 14.2 Å². The van der Waals surface area contributed by atoms with Crippen molar-refractivity contribution in [2.45, 2.75) is 19.4 Å². The molecule has 3 aliphatic rings. The number of aliphatic hydroxyl groups excluding tert-OH is 1. The van der Waals surface area contributed by atoms with E-state index in [1.165, 1.54) is 0 Å². The number of hydrogen-bond donors (Lipinski definition) is 1. The molecule has 2 fully saturated rings. The Hall–Kier alpha value is -3.36. The standard InChI is InChI=1S/C27H30N2O6/c1-2-18-3-5-19(6-4-18)24-23(25(30)20-7-8-21-22(17-20)35-16-15-34-21)26(31)27(32)29(24)10-9-28-11-13-33-14-12-28/h3-8,17,24,30H,2,9-16H2,1H3. The van der Waals surface area contributed by atoms with Gasteiger partial charge in [0.25, 0.3) is 11.7 Å². The third-order valence-corrected chi connectivity index (χ3v) is 6.82. The van der Waals surface area contributed by atoms with Gasteiger partial charge in [-0.3, -0.25) is 14.5 Å². The number of ether oxygens (including phenoxy) is 3. The van der Waals surface area contributed by atoms with Crippen molar-refractivity contribution in [2.24, 2.45) is 0 Å². The Labute approximate surface area is 204 Å². The maximum atomic E-state index is 13.3. The predicted molar refractivity (Wildman–Crippen MR) is 130 cm³/mol. The van der Waals surface area contributed by atoms with Crippen LogP contribution in [0.25, 0.3) is 5.76 Å². The van der Waals surface area contributed by atoms with Gasteiger partial charge in [-0.1, -0.05) is 31.2 Å². The third-order valence-electron chi connectivity index (χ3n) is 6.82. The minimum absolute atomic E-state index is 0.0953. The topological polar surface area (TPSA) is 88.5 Å². The summed E-state index contributed by atoms with van der Waals surface area (Å²) in [5.41, 5.74) is 2.46. The van der Waals surface area contributed by atoms with Gasteiger partial charge in [-0.25, -0.2) is 0 Å². The van der Waals surface area contributed by atoms with Gasteiger partial charge in [0, 0.05) is 31.7 Å². The van der Waals surface area contributed by atoms with Crippen LogP contribution in [0.2, 0.25) is 0 Å². The predicted octanol–water partition coefficient (Wildman–Crippen LogP) is 2.77. The van der Waals surface area contributed by atoms with E-state index < -0.39 is 17.7 Å². The molecule has 0 aliphatic carbocycles. The fourth-order valence-electron chi connectivity index (χ4n) is 4.81. The molecule has 1 unspecified atom stereocenters. The molecule has 3 heterocycles. The lowest BCUT2D eigenvalue weighted by molar-refractivity contribution is -0.140. The summed E-state index contributed by atoms with van der Waals surface area (Å²) in [7, 11) is 0. The van der Waals surface area contributed by atoms with Gasteiger partial charge >= 0.3 is 0 Å². The Kier molecular flexibility index (Phi) is 6.74. The van der Waals surface area contributed by atoms with Crippen LogP contribution < -0.4 is 9.47 Å². The molecule has 0 spiro atoms. The average molecular weight is 479 g/mol. The number of nitrogens with zero attached hydrogens (tertiary/aromatic N) is 2. The fraction of sp³-hybridized carbons (Fsp3) is 0.407. The van der Waals surface area contributed by atoms with Gasteiger partial charge in [-0.05, 0) is 35.7 Å². The summed E-state index contributed by atoms with van der Waals surface area (Å²) in [6.07, 6.45) is 0.884. The highest BCUT2D eigenvalue weighted by molar-refractivity contribution is 6.46. The minimum Gasteiger partial charge on any atom is -0.507 e. The number of Topliss-reactive ketones (excluding diaryl/α,β-unsaturated/α-hetero) is 1. The van der Waals surface area contributed by atoms with Crippen molar-refractivity contribution < 1.29 is 28.9 Å². The normalized spacial score (nSPS) is 22.0. The quantitative estimate of drug-likeness (QED) is 0.388. The van der Waals surface area contributed by atoms with Crippen LogP contribution in [0, 0.1) is 0 Å².